The number of nitrogens with one attached hydrogen (secondary N) is 1. The summed E-state index contributed by atoms with van der Waals surface area (Å²) < 4.78 is 26.5. The lowest BCUT2D eigenvalue weighted by molar-refractivity contribution is -0.139. The highest BCUT2D eigenvalue weighted by Crippen LogP contribution is 2.24. The van der Waals surface area contributed by atoms with Crippen molar-refractivity contribution in [2.24, 2.45) is 0 Å². The lowest BCUT2D eigenvalue weighted by atomic mass is 10.1. The number of carbonyl (C=O) groups is 2. The van der Waals surface area contributed by atoms with Gasteiger partial charge in [0.1, 0.15) is 12.6 Å². The van der Waals surface area contributed by atoms with Crippen LogP contribution in [0.2, 0.25) is 0 Å². The van der Waals surface area contributed by atoms with Crippen LogP contribution in [0.15, 0.2) is 42.5 Å². The van der Waals surface area contributed by atoms with E-state index < -0.39 is 28.5 Å². The molecule has 0 fully saturated rings. The predicted molar refractivity (Wildman–Crippen MR) is 137 cm³/mol. The summed E-state index contributed by atoms with van der Waals surface area (Å²) >= 11 is 0. The van der Waals surface area contributed by atoms with Crippen LogP contribution in [-0.2, 0) is 26.2 Å². The van der Waals surface area contributed by atoms with E-state index in [-0.39, 0.29) is 18.5 Å². The Morgan fingerprint density at radius 3 is 2.21 bits per heavy atom. The maximum Gasteiger partial charge on any atom is 0.244 e. The molecular weight excluding hydrogens is 450 g/mol. The molecule has 0 aliphatic heterocycles. The van der Waals surface area contributed by atoms with E-state index >= 15 is 0 Å². The Balaban J connectivity index is 2.43. The van der Waals surface area contributed by atoms with Gasteiger partial charge in [-0.2, -0.15) is 0 Å². The molecule has 7 nitrogen and oxygen atoms in total. The molecule has 186 valence electrons. The molecule has 2 amide bonds. The van der Waals surface area contributed by atoms with E-state index in [0.717, 1.165) is 39.2 Å². The normalized spacial score (nSPS) is 13.1. The molecule has 8 heteroatoms. The molecule has 2 unspecified atom stereocenters. The molecule has 0 bridgehead atoms. The third-order valence-electron chi connectivity index (χ3n) is 6.07. The minimum absolute atomic E-state index is 0.0342. The molecule has 0 aliphatic rings. The van der Waals surface area contributed by atoms with E-state index in [2.05, 4.69) is 5.32 Å². The van der Waals surface area contributed by atoms with E-state index in [1.807, 2.05) is 71.0 Å². The third-order valence-corrected chi connectivity index (χ3v) is 7.20. The number of sulfonamides is 1. The third kappa shape index (κ3) is 7.06. The lowest BCUT2D eigenvalue weighted by Crippen LogP contribution is -2.52. The van der Waals surface area contributed by atoms with Crippen LogP contribution in [-0.4, -0.2) is 50.0 Å². The van der Waals surface area contributed by atoms with Crippen LogP contribution in [0.1, 0.15) is 49.4 Å². The van der Waals surface area contributed by atoms with E-state index in [9.17, 15) is 18.0 Å². The van der Waals surface area contributed by atoms with Gasteiger partial charge in [0.15, 0.2) is 0 Å². The second-order valence-electron chi connectivity index (χ2n) is 9.00. The molecule has 2 atom stereocenters. The molecule has 0 heterocycles. The van der Waals surface area contributed by atoms with Crippen molar-refractivity contribution < 1.29 is 18.0 Å². The highest BCUT2D eigenvalue weighted by Gasteiger charge is 2.31. The number of hydrogen-bond acceptors (Lipinski definition) is 4. The van der Waals surface area contributed by atoms with Crippen molar-refractivity contribution in [2.75, 3.05) is 17.1 Å². The fourth-order valence-electron chi connectivity index (χ4n) is 3.70. The van der Waals surface area contributed by atoms with Gasteiger partial charge in [-0.25, -0.2) is 8.42 Å². The second kappa shape index (κ2) is 11.5. The highest BCUT2D eigenvalue weighted by atomic mass is 32.2. The first kappa shape index (κ1) is 27.4. The van der Waals surface area contributed by atoms with E-state index in [0.29, 0.717) is 5.69 Å². The number of amides is 2. The van der Waals surface area contributed by atoms with Gasteiger partial charge in [-0.1, -0.05) is 48.9 Å². The zero-order chi connectivity index (χ0) is 25.6. The van der Waals surface area contributed by atoms with Gasteiger partial charge in [0.25, 0.3) is 0 Å². The summed E-state index contributed by atoms with van der Waals surface area (Å²) in [4.78, 5) is 28.0. The van der Waals surface area contributed by atoms with E-state index in [1.165, 1.54) is 4.90 Å². The molecule has 0 radical (unpaired) electrons. The Labute approximate surface area is 204 Å². The van der Waals surface area contributed by atoms with Crippen LogP contribution >= 0.6 is 0 Å². The summed E-state index contributed by atoms with van der Waals surface area (Å²) in [6, 6.07) is 12.2. The number of aryl methyl sites for hydroxylation is 3. The summed E-state index contributed by atoms with van der Waals surface area (Å²) in [6.45, 7) is 11.0. The Morgan fingerprint density at radius 1 is 1.00 bits per heavy atom. The van der Waals surface area contributed by atoms with Gasteiger partial charge in [0.05, 0.1) is 11.9 Å². The van der Waals surface area contributed by atoms with Crippen molar-refractivity contribution in [1.82, 2.24) is 10.2 Å². The molecule has 2 aromatic rings. The van der Waals surface area contributed by atoms with Crippen LogP contribution in [0.3, 0.4) is 0 Å². The van der Waals surface area contributed by atoms with Crippen molar-refractivity contribution >= 4 is 27.5 Å². The SMILES string of the molecule is CCC(C)NC(=O)C(C)N(Cc1ccccc1C)C(=O)CN(c1ccc(C)cc1C)S(C)(=O)=O. The lowest BCUT2D eigenvalue weighted by Gasteiger charge is -2.32. The van der Waals surface area contributed by atoms with Crippen molar-refractivity contribution in [2.45, 2.75) is 66.6 Å². The minimum atomic E-state index is -3.75. The molecule has 0 spiro atoms. The minimum Gasteiger partial charge on any atom is -0.352 e. The summed E-state index contributed by atoms with van der Waals surface area (Å²) in [5, 5.41) is 2.93. The first-order valence-electron chi connectivity index (χ1n) is 11.5. The summed E-state index contributed by atoms with van der Waals surface area (Å²) in [5.41, 5.74) is 4.10. The van der Waals surface area contributed by atoms with Gasteiger partial charge < -0.3 is 10.2 Å². The van der Waals surface area contributed by atoms with Gasteiger partial charge in [-0.3, -0.25) is 13.9 Å². The second-order valence-corrected chi connectivity index (χ2v) is 10.9. The number of benzene rings is 2. The fourth-order valence-corrected chi connectivity index (χ4v) is 4.61. The van der Waals surface area contributed by atoms with E-state index in [4.69, 9.17) is 0 Å². The fraction of sp³-hybridized carbons (Fsp3) is 0.462. The van der Waals surface area contributed by atoms with Crippen molar-refractivity contribution in [1.29, 1.82) is 0 Å². The van der Waals surface area contributed by atoms with Crippen LogP contribution in [0.4, 0.5) is 5.69 Å². The Kier molecular flexibility index (Phi) is 9.27. The van der Waals surface area contributed by atoms with Crippen molar-refractivity contribution in [3.63, 3.8) is 0 Å². The summed E-state index contributed by atoms with van der Waals surface area (Å²) in [7, 11) is -3.75. The topological polar surface area (TPSA) is 86.8 Å². The molecule has 34 heavy (non-hydrogen) atoms. The van der Waals surface area contributed by atoms with Crippen LogP contribution in [0.25, 0.3) is 0 Å². The predicted octanol–water partition coefficient (Wildman–Crippen LogP) is 3.71. The number of nitrogens with zero attached hydrogens (tertiary/aromatic N) is 2. The number of anilines is 1. The highest BCUT2D eigenvalue weighted by molar-refractivity contribution is 7.92. The summed E-state index contributed by atoms with van der Waals surface area (Å²) in [5.74, 6) is -0.714. The maximum atomic E-state index is 13.6. The number of rotatable bonds is 10. The first-order valence-corrected chi connectivity index (χ1v) is 13.4. The zero-order valence-electron chi connectivity index (χ0n) is 21.3. The van der Waals surface area contributed by atoms with Crippen LogP contribution in [0, 0.1) is 20.8 Å². The average molecular weight is 488 g/mol. The standard InChI is InChI=1S/C26H37N3O4S/c1-8-21(5)27-26(31)22(6)28(16-23-12-10-9-11-19(23)3)25(30)17-29(34(7,32)33)24-14-13-18(2)15-20(24)4/h9-15,21-22H,8,16-17H2,1-7H3,(H,27,31). The van der Waals surface area contributed by atoms with Crippen molar-refractivity contribution in [3.8, 4) is 0 Å². The van der Waals surface area contributed by atoms with Gasteiger partial charge in [0, 0.05) is 12.6 Å². The molecular formula is C26H37N3O4S. The molecule has 0 aromatic heterocycles. The molecule has 0 saturated heterocycles. The largest absolute Gasteiger partial charge is 0.352 e. The number of hydrogen-bond donors (Lipinski definition) is 1. The maximum absolute atomic E-state index is 13.6. The molecule has 2 rings (SSSR count). The van der Waals surface area contributed by atoms with E-state index in [1.54, 1.807) is 13.0 Å². The monoisotopic (exact) mass is 487 g/mol. The van der Waals surface area contributed by atoms with Gasteiger partial charge >= 0.3 is 0 Å². The Bertz CT molecular complexity index is 1130. The zero-order valence-corrected chi connectivity index (χ0v) is 22.1. The number of carbonyl (C=O) groups excluding carboxylic acids is 2. The average Bonchev–Trinajstić information content (AvgIpc) is 2.76. The Morgan fingerprint density at radius 2 is 1.65 bits per heavy atom. The van der Waals surface area contributed by atoms with Gasteiger partial charge in [0.2, 0.25) is 21.8 Å². The smallest absolute Gasteiger partial charge is 0.244 e. The molecule has 0 aliphatic carbocycles. The van der Waals surface area contributed by atoms with Gasteiger partial charge in [-0.05, 0) is 63.8 Å². The van der Waals surface area contributed by atoms with Crippen LogP contribution < -0.4 is 9.62 Å². The van der Waals surface area contributed by atoms with Crippen molar-refractivity contribution in [3.05, 3.63) is 64.7 Å². The van der Waals surface area contributed by atoms with Gasteiger partial charge in [-0.15, -0.1) is 0 Å². The molecule has 2 aromatic carbocycles. The molecule has 1 N–H and O–H groups in total. The first-order chi connectivity index (χ1) is 15.8. The quantitative estimate of drug-likeness (QED) is 0.554. The molecule has 0 saturated carbocycles. The Hall–Kier alpha value is -2.87. The van der Waals surface area contributed by atoms with Crippen LogP contribution in [0.5, 0.6) is 0 Å². The summed E-state index contributed by atoms with van der Waals surface area (Å²) in [6.07, 6.45) is 1.85.